The molecule has 1 aromatic rings. The Hall–Kier alpha value is -1.62. The van der Waals surface area contributed by atoms with Crippen LogP contribution >= 0.6 is 0 Å². The lowest BCUT2D eigenvalue weighted by Gasteiger charge is -2.40. The molecule has 1 amide bonds. The highest BCUT2D eigenvalue weighted by atomic mass is 16.2. The summed E-state index contributed by atoms with van der Waals surface area (Å²) in [5.74, 6) is 0.698. The van der Waals surface area contributed by atoms with Crippen molar-refractivity contribution >= 4 is 11.6 Å². The van der Waals surface area contributed by atoms with Crippen molar-refractivity contribution in [3.05, 3.63) is 24.0 Å². The summed E-state index contributed by atoms with van der Waals surface area (Å²) in [4.78, 5) is 20.1. The van der Waals surface area contributed by atoms with Crippen LogP contribution in [0, 0.1) is 5.92 Å². The maximum absolute atomic E-state index is 12.0. The third-order valence-corrected chi connectivity index (χ3v) is 4.37. The first-order valence-electron chi connectivity index (χ1n) is 7.71. The summed E-state index contributed by atoms with van der Waals surface area (Å²) in [6.07, 6.45) is 5.25. The summed E-state index contributed by atoms with van der Waals surface area (Å²) in [7, 11) is 3.48. The van der Waals surface area contributed by atoms with Gasteiger partial charge in [0.1, 0.15) is 5.69 Å². The molecule has 5 heteroatoms. The molecule has 0 bridgehead atoms. The fourth-order valence-electron chi connectivity index (χ4n) is 3.01. The van der Waals surface area contributed by atoms with Gasteiger partial charge in [0.15, 0.2) is 0 Å². The van der Waals surface area contributed by atoms with Crippen LogP contribution in [0.4, 0.5) is 5.69 Å². The Balaban J connectivity index is 2.21. The zero-order valence-electron chi connectivity index (χ0n) is 13.2. The summed E-state index contributed by atoms with van der Waals surface area (Å²) in [6.45, 7) is 3.89. The van der Waals surface area contributed by atoms with E-state index in [-0.39, 0.29) is 5.91 Å². The molecule has 2 N–H and O–H groups in total. The normalized spacial score (nSPS) is 22.2. The Labute approximate surface area is 127 Å². The van der Waals surface area contributed by atoms with Crippen LogP contribution in [0.1, 0.15) is 36.7 Å². The largest absolute Gasteiger partial charge is 0.367 e. The van der Waals surface area contributed by atoms with Crippen LogP contribution in [0.15, 0.2) is 18.3 Å². The number of anilines is 1. The van der Waals surface area contributed by atoms with Crippen LogP contribution in [0.25, 0.3) is 0 Å². The lowest BCUT2D eigenvalue weighted by atomic mass is 9.88. The maximum Gasteiger partial charge on any atom is 0.272 e. The molecule has 0 spiro atoms. The lowest BCUT2D eigenvalue weighted by Crippen LogP contribution is -2.46. The molecule has 2 unspecified atom stereocenters. The molecular weight excluding hydrogens is 264 g/mol. The number of nitrogens with zero attached hydrogens (tertiary/aromatic N) is 3. The number of nitrogens with two attached hydrogens (primary N) is 1. The van der Waals surface area contributed by atoms with Gasteiger partial charge >= 0.3 is 0 Å². The van der Waals surface area contributed by atoms with Gasteiger partial charge in [0, 0.05) is 45.1 Å². The molecule has 1 aromatic heterocycles. The lowest BCUT2D eigenvalue weighted by molar-refractivity contribution is 0.0822. The highest BCUT2D eigenvalue weighted by Crippen LogP contribution is 2.29. The van der Waals surface area contributed by atoms with Gasteiger partial charge < -0.3 is 15.5 Å². The smallest absolute Gasteiger partial charge is 0.272 e. The van der Waals surface area contributed by atoms with E-state index in [1.165, 1.54) is 12.8 Å². The van der Waals surface area contributed by atoms with E-state index < -0.39 is 0 Å². The number of aromatic nitrogens is 1. The molecule has 5 nitrogen and oxygen atoms in total. The van der Waals surface area contributed by atoms with Crippen molar-refractivity contribution in [2.45, 2.75) is 32.2 Å². The molecule has 0 radical (unpaired) electrons. The van der Waals surface area contributed by atoms with Crippen molar-refractivity contribution in [1.82, 2.24) is 9.88 Å². The number of piperidine rings is 1. The predicted octanol–water partition coefficient (Wildman–Crippen LogP) is 1.74. The number of amides is 1. The van der Waals surface area contributed by atoms with Crippen molar-refractivity contribution in [2.75, 3.05) is 32.1 Å². The average molecular weight is 290 g/mol. The third kappa shape index (κ3) is 3.53. The zero-order valence-corrected chi connectivity index (χ0v) is 13.2. The Morgan fingerprint density at radius 1 is 1.52 bits per heavy atom. The van der Waals surface area contributed by atoms with Crippen molar-refractivity contribution in [3.8, 4) is 0 Å². The molecule has 1 aliphatic rings. The van der Waals surface area contributed by atoms with Gasteiger partial charge in [-0.2, -0.15) is 0 Å². The van der Waals surface area contributed by atoms with Gasteiger partial charge in [0.05, 0.1) is 0 Å². The summed E-state index contributed by atoms with van der Waals surface area (Å²) in [5, 5.41) is 0. The first-order chi connectivity index (χ1) is 10.1. The molecule has 0 saturated carbocycles. The fourth-order valence-corrected chi connectivity index (χ4v) is 3.01. The topological polar surface area (TPSA) is 62.5 Å². The minimum absolute atomic E-state index is 0.0652. The first kappa shape index (κ1) is 15.8. The molecule has 2 atom stereocenters. The highest BCUT2D eigenvalue weighted by molar-refractivity contribution is 5.92. The van der Waals surface area contributed by atoms with Gasteiger partial charge in [-0.25, -0.2) is 0 Å². The SMILES string of the molecule is CCC1CCN(c2ccnc(C(=O)N(C)C)c2)C(CN)C1. The minimum atomic E-state index is -0.0652. The van der Waals surface area contributed by atoms with E-state index >= 15 is 0 Å². The van der Waals surface area contributed by atoms with E-state index in [2.05, 4.69) is 16.8 Å². The van der Waals surface area contributed by atoms with E-state index in [0.717, 1.165) is 24.6 Å². The summed E-state index contributed by atoms with van der Waals surface area (Å²) >= 11 is 0. The molecule has 21 heavy (non-hydrogen) atoms. The second kappa shape index (κ2) is 6.89. The van der Waals surface area contributed by atoms with E-state index in [1.807, 2.05) is 12.1 Å². The molecule has 1 aliphatic heterocycles. The molecule has 0 aromatic carbocycles. The number of rotatable bonds is 4. The third-order valence-electron chi connectivity index (χ3n) is 4.37. The van der Waals surface area contributed by atoms with Gasteiger partial charge in [-0.1, -0.05) is 13.3 Å². The molecule has 0 aliphatic carbocycles. The second-order valence-electron chi connectivity index (χ2n) is 5.98. The van der Waals surface area contributed by atoms with Gasteiger partial charge in [-0.3, -0.25) is 9.78 Å². The quantitative estimate of drug-likeness (QED) is 0.917. The number of hydrogen-bond donors (Lipinski definition) is 1. The zero-order chi connectivity index (χ0) is 15.4. The minimum Gasteiger partial charge on any atom is -0.367 e. The highest BCUT2D eigenvalue weighted by Gasteiger charge is 2.27. The van der Waals surface area contributed by atoms with E-state index in [4.69, 9.17) is 5.73 Å². The van der Waals surface area contributed by atoms with Crippen LogP contribution in [0.5, 0.6) is 0 Å². The maximum atomic E-state index is 12.0. The Morgan fingerprint density at radius 2 is 2.29 bits per heavy atom. The van der Waals surface area contributed by atoms with Crippen molar-refractivity contribution < 1.29 is 4.79 Å². The molecule has 2 heterocycles. The second-order valence-corrected chi connectivity index (χ2v) is 5.98. The van der Waals surface area contributed by atoms with Crippen LogP contribution in [0.2, 0.25) is 0 Å². The van der Waals surface area contributed by atoms with Crippen molar-refractivity contribution in [2.24, 2.45) is 11.7 Å². The van der Waals surface area contributed by atoms with E-state index in [1.54, 1.807) is 25.2 Å². The van der Waals surface area contributed by atoms with E-state index in [9.17, 15) is 4.79 Å². The predicted molar refractivity (Wildman–Crippen MR) is 85.5 cm³/mol. The average Bonchev–Trinajstić information content (AvgIpc) is 2.53. The Kier molecular flexibility index (Phi) is 5.17. The van der Waals surface area contributed by atoms with Crippen LogP contribution in [-0.2, 0) is 0 Å². The van der Waals surface area contributed by atoms with Crippen LogP contribution < -0.4 is 10.6 Å². The monoisotopic (exact) mass is 290 g/mol. The number of pyridine rings is 1. The van der Waals surface area contributed by atoms with Gasteiger partial charge in [0.2, 0.25) is 0 Å². The standard InChI is InChI=1S/C16H26N4O/c1-4-12-6-8-20(14(9-12)11-17)13-5-7-18-15(10-13)16(21)19(2)3/h5,7,10,12,14H,4,6,8-9,11,17H2,1-3H3. The molecule has 116 valence electrons. The van der Waals surface area contributed by atoms with Crippen molar-refractivity contribution in [3.63, 3.8) is 0 Å². The Bertz CT molecular complexity index is 489. The molecule has 1 fully saturated rings. The van der Waals surface area contributed by atoms with Crippen LogP contribution in [-0.4, -0.2) is 49.0 Å². The number of carbonyl (C=O) groups excluding carboxylic acids is 1. The first-order valence-corrected chi connectivity index (χ1v) is 7.71. The number of carbonyl (C=O) groups is 1. The molecule has 2 rings (SSSR count). The van der Waals surface area contributed by atoms with Gasteiger partial charge in [0.25, 0.3) is 5.91 Å². The van der Waals surface area contributed by atoms with Crippen molar-refractivity contribution in [1.29, 1.82) is 0 Å². The van der Waals surface area contributed by atoms with Crippen LogP contribution in [0.3, 0.4) is 0 Å². The van der Waals surface area contributed by atoms with E-state index in [0.29, 0.717) is 18.3 Å². The fraction of sp³-hybridized carbons (Fsp3) is 0.625. The molecular formula is C16H26N4O. The summed E-state index contributed by atoms with van der Waals surface area (Å²) in [6, 6.07) is 4.21. The summed E-state index contributed by atoms with van der Waals surface area (Å²) in [5.41, 5.74) is 7.51. The molecule has 1 saturated heterocycles. The Morgan fingerprint density at radius 3 is 2.90 bits per heavy atom. The number of hydrogen-bond acceptors (Lipinski definition) is 4. The summed E-state index contributed by atoms with van der Waals surface area (Å²) < 4.78 is 0. The van der Waals surface area contributed by atoms with Gasteiger partial charge in [-0.05, 0) is 30.9 Å². The van der Waals surface area contributed by atoms with Gasteiger partial charge in [-0.15, -0.1) is 0 Å².